The third-order valence-corrected chi connectivity index (χ3v) is 19.1. The maximum absolute atomic E-state index is 11.2. The second kappa shape index (κ2) is 58.6. The number of para-hydroxylation sites is 1. The number of aliphatic hydroxyl groups excluding tert-OH is 4. The molecule has 0 spiro atoms. The van der Waals surface area contributed by atoms with Gasteiger partial charge in [-0.05, 0) is 209 Å². The summed E-state index contributed by atoms with van der Waals surface area (Å²) in [4.78, 5) is 60.5. The van der Waals surface area contributed by atoms with Crippen molar-refractivity contribution in [3.63, 3.8) is 0 Å². The first-order chi connectivity index (χ1) is 59.9. The average molecular weight is 2470 g/mol. The summed E-state index contributed by atoms with van der Waals surface area (Å²) in [5.41, 5.74) is 31.7. The summed E-state index contributed by atoms with van der Waals surface area (Å²) in [5.74, 6) is 2.63. The number of aryl methyl sites for hydroxylation is 9. The van der Waals surface area contributed by atoms with Crippen molar-refractivity contribution >= 4 is 55.8 Å². The van der Waals surface area contributed by atoms with Gasteiger partial charge in [0.15, 0.2) is 23.1 Å². The van der Waals surface area contributed by atoms with Crippen LogP contribution in [0.3, 0.4) is 0 Å². The second-order valence-corrected chi connectivity index (χ2v) is 35.3. The third kappa shape index (κ3) is 42.9. The van der Waals surface area contributed by atoms with E-state index in [0.29, 0.717) is 42.4 Å². The Morgan fingerprint density at radius 3 is 1.09 bits per heavy atom. The number of ketones is 4. The molecule has 13 rings (SSSR count). The fraction of sp³-hybridized carbons (Fsp3) is 0.304. The van der Waals surface area contributed by atoms with E-state index in [9.17, 15) is 24.3 Å². The van der Waals surface area contributed by atoms with Gasteiger partial charge >= 0.3 is 0 Å². The first-order valence-electron chi connectivity index (χ1n) is 43.8. The van der Waals surface area contributed by atoms with Crippen LogP contribution < -0.4 is 0 Å². The number of aromatic nitrogens is 4. The number of nitrogens with zero attached hydrogens (tertiary/aromatic N) is 4. The van der Waals surface area contributed by atoms with Gasteiger partial charge in [-0.3, -0.25) is 34.1 Å². The van der Waals surface area contributed by atoms with Crippen molar-refractivity contribution in [1.82, 2.24) is 19.9 Å². The number of carbonyl (C=O) groups excluding carboxylic acids is 4. The standard InChI is InChI=1S/C27H26N.C22H24N.C21H22N.C19H16N.C11H20O2.3C5H8O2.4Ir/c1-18(2)12-23-17-27(24-14-19(3)13-20(4)15-24)28-26-11-10-22(16-25(23)26)21-8-6-5-7-9-21;1-14(2)8-18-13-22(19-10-16(4)9-17(5)11-19)23-21-7-6-15(3)12-20(18)21;1-14(2)9-17-13-21(18-11-15(3)10-16(4)12-18)22-20-8-6-5-7-19(17)20;1-14-10-15(2)12-18(11-14)17-8-9-20-19(13-17)16-6-4-3-5-7-16;1-8(2)5-10(12)7-11(13)6-9(3)4;3*1-4(6)3-5(2)7;;;;/h5-11,13-14,16-18H,12H2,1-4H3;6-7,9-10,12-14H,8H2,1-5H3;5-8,10-11,13-14H,9H2,1-4H3;3-6,8-13H,1-2H3;7-9,12H,5-6H2,1-4H3;3*3,6H,1-2H3;;;;/q4*-1;;;;;;;;. The smallest absolute Gasteiger partial charge is 0.159 e. The summed E-state index contributed by atoms with van der Waals surface area (Å²) in [7, 11) is 0. The molecule has 0 aliphatic carbocycles. The maximum Gasteiger partial charge on any atom is 0.159 e. The van der Waals surface area contributed by atoms with Gasteiger partial charge in [-0.25, -0.2) is 0 Å². The molecule has 4 radical (unpaired) electrons. The van der Waals surface area contributed by atoms with Crippen LogP contribution >= 0.6 is 0 Å². The van der Waals surface area contributed by atoms with Crippen molar-refractivity contribution in [3.8, 4) is 67.3 Å². The minimum absolute atomic E-state index is 0. The first-order valence-corrected chi connectivity index (χ1v) is 43.8. The minimum atomic E-state index is -0.125. The molecule has 16 heteroatoms. The maximum atomic E-state index is 11.2. The van der Waals surface area contributed by atoms with Gasteiger partial charge in [-0.15, -0.1) is 141 Å². The molecule has 0 saturated heterocycles. The van der Waals surface area contributed by atoms with Crippen LogP contribution in [0.25, 0.3) is 100.0 Å². The molecule has 0 fully saturated rings. The van der Waals surface area contributed by atoms with Gasteiger partial charge in [0.2, 0.25) is 0 Å². The molecule has 0 unspecified atom stereocenters. The van der Waals surface area contributed by atoms with Crippen molar-refractivity contribution in [2.45, 2.75) is 205 Å². The first kappa shape index (κ1) is 117. The Morgan fingerprint density at radius 1 is 0.321 bits per heavy atom. The molecule has 0 aliphatic heterocycles. The monoisotopic (exact) mass is 2470 g/mol. The summed E-state index contributed by atoms with van der Waals surface area (Å²) in [6.45, 7) is 49.2. The molecule has 0 amide bonds. The number of hydrogen-bond donors (Lipinski definition) is 4. The summed E-state index contributed by atoms with van der Waals surface area (Å²) < 4.78 is 0. The summed E-state index contributed by atoms with van der Waals surface area (Å²) in [6, 6.07) is 84.3. The molecule has 4 heterocycles. The van der Waals surface area contributed by atoms with Crippen LogP contribution in [0.15, 0.2) is 254 Å². The molecule has 13 aromatic rings. The average Bonchev–Trinajstić information content (AvgIpc) is 0.788. The van der Waals surface area contributed by atoms with Crippen molar-refractivity contribution in [2.75, 3.05) is 0 Å². The zero-order valence-corrected chi connectivity index (χ0v) is 90.5. The molecule has 4 N–H and O–H groups in total. The van der Waals surface area contributed by atoms with Gasteiger partial charge in [0.05, 0.1) is 39.6 Å². The Morgan fingerprint density at radius 2 is 0.702 bits per heavy atom. The Labute approximate surface area is 835 Å². The van der Waals surface area contributed by atoms with E-state index in [1.165, 1.54) is 154 Å². The second-order valence-electron chi connectivity index (χ2n) is 35.3. The number of pyridine rings is 4. The summed E-state index contributed by atoms with van der Waals surface area (Å²) in [6.07, 6.45) is 11.0. The number of fused-ring (bicyclic) bond motifs is 3. The Hall–Kier alpha value is -10.2. The largest absolute Gasteiger partial charge is 0.512 e. The number of allylic oxidation sites excluding steroid dienone is 8. The van der Waals surface area contributed by atoms with Crippen LogP contribution in [-0.2, 0) is 119 Å². The van der Waals surface area contributed by atoms with Gasteiger partial charge in [0.25, 0.3) is 0 Å². The van der Waals surface area contributed by atoms with Crippen LogP contribution in [0, 0.1) is 116 Å². The van der Waals surface area contributed by atoms with Crippen LogP contribution in [-0.4, -0.2) is 63.5 Å². The fourth-order valence-corrected chi connectivity index (χ4v) is 14.6. The van der Waals surface area contributed by atoms with Gasteiger partial charge in [0, 0.05) is 140 Å². The minimum Gasteiger partial charge on any atom is -0.512 e. The normalized spacial score (nSPS) is 11.0. The number of rotatable bonds is 20. The summed E-state index contributed by atoms with van der Waals surface area (Å²) in [5, 5.41) is 38.2. The van der Waals surface area contributed by atoms with E-state index in [1.54, 1.807) is 0 Å². The fourth-order valence-electron chi connectivity index (χ4n) is 14.6. The van der Waals surface area contributed by atoms with E-state index in [4.69, 9.17) is 30.3 Å². The molecule has 700 valence electrons. The zero-order chi connectivity index (χ0) is 93.9. The Bertz CT molecular complexity index is 5850. The molecule has 0 atom stereocenters. The SMILES string of the molecule is CC(=O)C=C(C)O.CC(=O)C=C(C)O.CC(=O)C=C(C)O.CC(C)CC(=O)C=C(O)CC(C)C.Cc1[c-]c(-c2cc(CC(C)C)c3cc(-c4ccccc4)ccc3n2)cc(C)c1.Cc1[c-]c(-c2cc(CC(C)C)c3cc(C)ccc3n2)cc(C)c1.Cc1[c-]c(-c2cc(CC(C)C)c3ccccc3n2)cc(C)c1.Cc1cc(C)cc(-c2ccnc(-c3[c-]cccc3)c2)c1.[Ir].[Ir].[Ir].[Ir]. The molecule has 9 aromatic carbocycles. The molecule has 4 aromatic heterocycles. The van der Waals surface area contributed by atoms with E-state index in [2.05, 4.69) is 309 Å². The van der Waals surface area contributed by atoms with Crippen LogP contribution in [0.4, 0.5) is 0 Å². The molecule has 0 saturated carbocycles. The van der Waals surface area contributed by atoms with Crippen LogP contribution in [0.1, 0.15) is 190 Å². The predicted octanol–water partition coefficient (Wildman–Crippen LogP) is 29.6. The van der Waals surface area contributed by atoms with Crippen molar-refractivity contribution in [2.24, 2.45) is 29.6 Å². The van der Waals surface area contributed by atoms with Crippen molar-refractivity contribution < 1.29 is 120 Å². The van der Waals surface area contributed by atoms with Gasteiger partial charge in [-0.2, -0.15) is 0 Å². The molecule has 0 bridgehead atoms. The molecule has 131 heavy (non-hydrogen) atoms. The molecule has 12 nitrogen and oxygen atoms in total. The molecule has 0 aliphatic rings. The number of carbonyl (C=O) groups is 4. The van der Waals surface area contributed by atoms with E-state index < -0.39 is 0 Å². The Kier molecular flexibility index (Phi) is 52.3. The molecular weight excluding hydrogens is 2330 g/mol. The number of benzene rings is 9. The van der Waals surface area contributed by atoms with E-state index >= 15 is 0 Å². The van der Waals surface area contributed by atoms with Crippen LogP contribution in [0.5, 0.6) is 0 Å². The van der Waals surface area contributed by atoms with Gasteiger partial charge in [0.1, 0.15) is 0 Å². The van der Waals surface area contributed by atoms with E-state index in [-0.39, 0.29) is 127 Å². The number of hydrogen-bond acceptors (Lipinski definition) is 12. The van der Waals surface area contributed by atoms with E-state index in [1.807, 2.05) is 58.2 Å². The Balaban J connectivity index is 0.000000527. The van der Waals surface area contributed by atoms with Crippen molar-refractivity contribution in [3.05, 3.63) is 345 Å². The summed E-state index contributed by atoms with van der Waals surface area (Å²) >= 11 is 0. The third-order valence-electron chi connectivity index (χ3n) is 19.1. The number of aliphatic hydroxyl groups is 4. The van der Waals surface area contributed by atoms with Crippen LogP contribution in [0.2, 0.25) is 0 Å². The predicted molar refractivity (Wildman–Crippen MR) is 532 cm³/mol. The topological polar surface area (TPSA) is 201 Å². The van der Waals surface area contributed by atoms with Gasteiger partial charge in [-0.1, -0.05) is 231 Å². The molecular formula is C115H132Ir4N4O8-4. The van der Waals surface area contributed by atoms with Gasteiger partial charge < -0.3 is 25.4 Å². The van der Waals surface area contributed by atoms with E-state index in [0.717, 1.165) is 97.5 Å². The quantitative estimate of drug-likeness (QED) is 0.0320. The zero-order valence-electron chi connectivity index (χ0n) is 80.9. The van der Waals surface area contributed by atoms with Crippen molar-refractivity contribution in [1.29, 1.82) is 0 Å².